The Labute approximate surface area is 162 Å². The van der Waals surface area contributed by atoms with Gasteiger partial charge in [0.15, 0.2) is 6.10 Å². The molecule has 2 N–H and O–H groups in total. The Balaban J connectivity index is 1.77. The number of fused-ring (bicyclic) bond motifs is 3. The number of carbonyl (C=O) groups excluding carboxylic acids is 1. The molecule has 1 aromatic carbocycles. The minimum Gasteiger partial charge on any atom is -0.481 e. The zero-order valence-corrected chi connectivity index (χ0v) is 16.2. The van der Waals surface area contributed by atoms with E-state index in [1.54, 1.807) is 13.0 Å². The normalized spacial score (nSPS) is 14.4. The molecule has 0 saturated heterocycles. The topological polar surface area (TPSA) is 106 Å². The zero-order valence-electron chi connectivity index (χ0n) is 16.2. The van der Waals surface area contributed by atoms with Gasteiger partial charge >= 0.3 is 11.6 Å². The first-order valence-corrected chi connectivity index (χ1v) is 9.62. The summed E-state index contributed by atoms with van der Waals surface area (Å²) in [5, 5.41) is 12.2. The van der Waals surface area contributed by atoms with Crippen LogP contribution in [-0.4, -0.2) is 29.6 Å². The number of carboxylic acid groups (broad SMARTS) is 1. The van der Waals surface area contributed by atoms with E-state index in [9.17, 15) is 14.4 Å². The number of hydrogen-bond donors (Lipinski definition) is 2. The number of aliphatic carboxylic acids is 1. The number of benzene rings is 1. The molecule has 1 amide bonds. The summed E-state index contributed by atoms with van der Waals surface area (Å²) < 4.78 is 11.4. The van der Waals surface area contributed by atoms with Crippen molar-refractivity contribution >= 4 is 22.8 Å². The molecule has 1 heterocycles. The van der Waals surface area contributed by atoms with Gasteiger partial charge in [-0.15, -0.1) is 0 Å². The van der Waals surface area contributed by atoms with Gasteiger partial charge < -0.3 is 19.6 Å². The molecular formula is C21H25NO6. The van der Waals surface area contributed by atoms with Crippen molar-refractivity contribution in [2.45, 2.75) is 58.5 Å². The third-order valence-corrected chi connectivity index (χ3v) is 5.13. The molecule has 1 aliphatic rings. The van der Waals surface area contributed by atoms with Gasteiger partial charge in [-0.1, -0.05) is 0 Å². The monoisotopic (exact) mass is 387 g/mol. The molecule has 3 rings (SSSR count). The lowest BCUT2D eigenvalue weighted by atomic mass is 9.90. The van der Waals surface area contributed by atoms with Gasteiger partial charge in [0.25, 0.3) is 5.91 Å². The molecular weight excluding hydrogens is 362 g/mol. The first-order chi connectivity index (χ1) is 13.4. The first-order valence-electron chi connectivity index (χ1n) is 9.62. The third kappa shape index (κ3) is 4.18. The van der Waals surface area contributed by atoms with Crippen LogP contribution in [0.25, 0.3) is 11.0 Å². The maximum absolute atomic E-state index is 12.4. The van der Waals surface area contributed by atoms with E-state index in [1.165, 1.54) is 0 Å². The lowest BCUT2D eigenvalue weighted by molar-refractivity contribution is -0.137. The summed E-state index contributed by atoms with van der Waals surface area (Å²) in [7, 11) is 0. The van der Waals surface area contributed by atoms with Crippen LogP contribution in [-0.2, 0) is 22.4 Å². The average Bonchev–Trinajstić information content (AvgIpc) is 2.67. The summed E-state index contributed by atoms with van der Waals surface area (Å²) in [6.45, 7) is 3.71. The quantitative estimate of drug-likeness (QED) is 0.559. The van der Waals surface area contributed by atoms with E-state index in [2.05, 4.69) is 5.32 Å². The molecule has 1 atom stereocenters. The lowest BCUT2D eigenvalue weighted by Gasteiger charge is -2.19. The maximum Gasteiger partial charge on any atom is 0.339 e. The van der Waals surface area contributed by atoms with Gasteiger partial charge in [-0.25, -0.2) is 4.79 Å². The molecule has 0 radical (unpaired) electrons. The summed E-state index contributed by atoms with van der Waals surface area (Å²) in [5.41, 5.74) is 2.76. The molecule has 2 aromatic rings. The van der Waals surface area contributed by atoms with Crippen LogP contribution in [0.2, 0.25) is 0 Å². The Hall–Kier alpha value is -2.83. The molecule has 1 aliphatic carbocycles. The maximum atomic E-state index is 12.4. The second-order valence-corrected chi connectivity index (χ2v) is 7.17. The van der Waals surface area contributed by atoms with Crippen molar-refractivity contribution in [2.75, 3.05) is 6.54 Å². The fraction of sp³-hybridized carbons (Fsp3) is 0.476. The number of rotatable bonds is 7. The highest BCUT2D eigenvalue weighted by molar-refractivity contribution is 5.86. The summed E-state index contributed by atoms with van der Waals surface area (Å²) in [6, 6.07) is 3.70. The second-order valence-electron chi connectivity index (χ2n) is 7.17. The van der Waals surface area contributed by atoms with Gasteiger partial charge in [-0.05, 0) is 63.6 Å². The van der Waals surface area contributed by atoms with Crippen LogP contribution in [0.4, 0.5) is 0 Å². The number of carboxylic acids is 1. The van der Waals surface area contributed by atoms with Crippen LogP contribution < -0.4 is 15.7 Å². The van der Waals surface area contributed by atoms with Crippen LogP contribution in [0.1, 0.15) is 49.3 Å². The Bertz CT molecular complexity index is 962. The molecule has 0 fully saturated rings. The molecule has 0 unspecified atom stereocenters. The molecule has 0 saturated carbocycles. The van der Waals surface area contributed by atoms with E-state index < -0.39 is 12.1 Å². The van der Waals surface area contributed by atoms with Crippen molar-refractivity contribution in [3.8, 4) is 5.75 Å². The fourth-order valence-corrected chi connectivity index (χ4v) is 3.59. The number of ether oxygens (including phenoxy) is 1. The van der Waals surface area contributed by atoms with Crippen LogP contribution in [0, 0.1) is 6.92 Å². The first kappa shape index (κ1) is 19.9. The summed E-state index contributed by atoms with van der Waals surface area (Å²) in [6.07, 6.45) is 3.29. The lowest BCUT2D eigenvalue weighted by Crippen LogP contribution is -2.37. The highest BCUT2D eigenvalue weighted by Gasteiger charge is 2.21. The van der Waals surface area contributed by atoms with E-state index >= 15 is 0 Å². The second kappa shape index (κ2) is 8.46. The predicted molar refractivity (Wildman–Crippen MR) is 104 cm³/mol. The highest BCUT2D eigenvalue weighted by Crippen LogP contribution is 2.32. The Morgan fingerprint density at radius 3 is 2.68 bits per heavy atom. The van der Waals surface area contributed by atoms with Gasteiger partial charge in [-0.3, -0.25) is 9.59 Å². The van der Waals surface area contributed by atoms with Crippen molar-refractivity contribution in [3.63, 3.8) is 0 Å². The molecule has 0 spiro atoms. The van der Waals surface area contributed by atoms with E-state index in [-0.39, 0.29) is 24.5 Å². The summed E-state index contributed by atoms with van der Waals surface area (Å²) >= 11 is 0. The zero-order chi connectivity index (χ0) is 20.3. The minimum atomic E-state index is -0.894. The van der Waals surface area contributed by atoms with Crippen molar-refractivity contribution in [1.29, 1.82) is 0 Å². The van der Waals surface area contributed by atoms with Crippen molar-refractivity contribution < 1.29 is 23.8 Å². The average molecular weight is 387 g/mol. The molecule has 150 valence electrons. The molecule has 7 nitrogen and oxygen atoms in total. The van der Waals surface area contributed by atoms with E-state index in [0.29, 0.717) is 23.3 Å². The third-order valence-electron chi connectivity index (χ3n) is 5.13. The minimum absolute atomic E-state index is 0.00263. The van der Waals surface area contributed by atoms with Gasteiger partial charge in [0.05, 0.1) is 0 Å². The van der Waals surface area contributed by atoms with Gasteiger partial charge in [0, 0.05) is 29.5 Å². The van der Waals surface area contributed by atoms with Crippen molar-refractivity contribution in [1.82, 2.24) is 5.32 Å². The van der Waals surface area contributed by atoms with Crippen molar-refractivity contribution in [3.05, 3.63) is 39.2 Å². The Morgan fingerprint density at radius 1 is 1.25 bits per heavy atom. The van der Waals surface area contributed by atoms with Gasteiger partial charge in [0.2, 0.25) is 0 Å². The molecule has 28 heavy (non-hydrogen) atoms. The largest absolute Gasteiger partial charge is 0.481 e. The number of amides is 1. The van der Waals surface area contributed by atoms with Gasteiger partial charge in [0.1, 0.15) is 11.3 Å². The van der Waals surface area contributed by atoms with Crippen LogP contribution in [0.5, 0.6) is 5.75 Å². The van der Waals surface area contributed by atoms with Crippen molar-refractivity contribution in [2.24, 2.45) is 0 Å². The molecule has 7 heteroatoms. The highest BCUT2D eigenvalue weighted by atomic mass is 16.5. The summed E-state index contributed by atoms with van der Waals surface area (Å²) in [4.78, 5) is 35.0. The molecule has 0 aliphatic heterocycles. The van der Waals surface area contributed by atoms with E-state index in [0.717, 1.165) is 42.2 Å². The molecule has 1 aromatic heterocycles. The standard InChI is InChI=1S/C21H25NO6/c1-12-17(27-13(2)20(25)22-11-5-8-18(23)24)10-9-15-14-6-3-4-7-16(14)21(26)28-19(12)15/h9-10,13H,3-8,11H2,1-2H3,(H,22,25)(H,23,24)/t13-/m0/s1. The predicted octanol–water partition coefficient (Wildman–Crippen LogP) is 2.73. The SMILES string of the molecule is Cc1c(O[C@@H](C)C(=O)NCCCC(=O)O)ccc2c3c(c(=O)oc12)CCCC3. The van der Waals surface area contributed by atoms with Crippen LogP contribution in [0.3, 0.4) is 0 Å². The van der Waals surface area contributed by atoms with Crippen LogP contribution in [0.15, 0.2) is 21.3 Å². The fourth-order valence-electron chi connectivity index (χ4n) is 3.59. The Kier molecular flexibility index (Phi) is 6.02. The smallest absolute Gasteiger partial charge is 0.339 e. The van der Waals surface area contributed by atoms with E-state index in [4.69, 9.17) is 14.3 Å². The van der Waals surface area contributed by atoms with E-state index in [1.807, 2.05) is 13.0 Å². The summed E-state index contributed by atoms with van der Waals surface area (Å²) in [5.74, 6) is -0.731. The number of aryl methyl sites for hydroxylation is 2. The number of carbonyl (C=O) groups is 2. The Morgan fingerprint density at radius 2 is 1.96 bits per heavy atom. The van der Waals surface area contributed by atoms with Crippen LogP contribution >= 0.6 is 0 Å². The van der Waals surface area contributed by atoms with Gasteiger partial charge in [-0.2, -0.15) is 0 Å². The number of hydrogen-bond acceptors (Lipinski definition) is 5. The molecule has 0 bridgehead atoms. The number of nitrogens with one attached hydrogen (secondary N) is 1.